The number of amides is 2. The number of carbonyl (C=O) groups is 2. The molecule has 7 nitrogen and oxygen atoms in total. The summed E-state index contributed by atoms with van der Waals surface area (Å²) in [4.78, 5) is 33.6. The predicted octanol–water partition coefficient (Wildman–Crippen LogP) is 3.35. The molecule has 154 valence electrons. The molecule has 7 heteroatoms. The van der Waals surface area contributed by atoms with Crippen LogP contribution in [0.15, 0.2) is 54.9 Å². The topological polar surface area (TPSA) is 71.3 Å². The molecule has 1 aliphatic heterocycles. The van der Waals surface area contributed by atoms with E-state index in [-0.39, 0.29) is 23.8 Å². The van der Waals surface area contributed by atoms with Crippen LogP contribution in [0.25, 0.3) is 0 Å². The first kappa shape index (κ1) is 19.8. The van der Waals surface area contributed by atoms with Gasteiger partial charge in [-0.15, -0.1) is 0 Å². The Labute approximate surface area is 175 Å². The fourth-order valence-corrected chi connectivity index (χ4v) is 3.70. The largest absolute Gasteiger partial charge is 0.345 e. The normalized spacial score (nSPS) is 15.4. The summed E-state index contributed by atoms with van der Waals surface area (Å²) < 4.78 is 1.81. The SMILES string of the molecule is CC(C)n1cnc([C@@H]2CN(C(=O)c3ccccc3)c3ccc(C(=O)N(C)C)cc32)n1. The Morgan fingerprint density at radius 1 is 1.07 bits per heavy atom. The fourth-order valence-electron chi connectivity index (χ4n) is 3.70. The van der Waals surface area contributed by atoms with Crippen LogP contribution in [0.2, 0.25) is 0 Å². The van der Waals surface area contributed by atoms with Crippen molar-refractivity contribution in [2.75, 3.05) is 25.5 Å². The highest BCUT2D eigenvalue weighted by Gasteiger charge is 2.36. The monoisotopic (exact) mass is 403 g/mol. The number of fused-ring (bicyclic) bond motifs is 1. The molecule has 2 aromatic carbocycles. The summed E-state index contributed by atoms with van der Waals surface area (Å²) in [6, 6.07) is 14.9. The van der Waals surface area contributed by atoms with Crippen molar-refractivity contribution >= 4 is 17.5 Å². The Kier molecular flexibility index (Phi) is 5.11. The number of hydrogen-bond acceptors (Lipinski definition) is 4. The molecule has 0 N–H and O–H groups in total. The van der Waals surface area contributed by atoms with Gasteiger partial charge in [-0.2, -0.15) is 5.10 Å². The summed E-state index contributed by atoms with van der Waals surface area (Å²) in [6.07, 6.45) is 1.72. The molecule has 1 atom stereocenters. The van der Waals surface area contributed by atoms with Gasteiger partial charge in [0.05, 0.1) is 5.92 Å². The lowest BCUT2D eigenvalue weighted by molar-refractivity contribution is 0.0827. The molecule has 0 aliphatic carbocycles. The van der Waals surface area contributed by atoms with Crippen LogP contribution in [0.4, 0.5) is 5.69 Å². The molecule has 0 bridgehead atoms. The van der Waals surface area contributed by atoms with Crippen LogP contribution < -0.4 is 4.90 Å². The van der Waals surface area contributed by atoms with Crippen molar-refractivity contribution < 1.29 is 9.59 Å². The van der Waals surface area contributed by atoms with Crippen LogP contribution in [0.5, 0.6) is 0 Å². The maximum Gasteiger partial charge on any atom is 0.258 e. The molecule has 0 saturated heterocycles. The first-order chi connectivity index (χ1) is 14.4. The number of anilines is 1. The second-order valence-corrected chi connectivity index (χ2v) is 7.98. The minimum atomic E-state index is -0.192. The summed E-state index contributed by atoms with van der Waals surface area (Å²) in [5, 5.41) is 4.64. The average Bonchev–Trinajstić information content (AvgIpc) is 3.38. The molecular weight excluding hydrogens is 378 g/mol. The second kappa shape index (κ2) is 7.74. The lowest BCUT2D eigenvalue weighted by Crippen LogP contribution is -2.30. The smallest absolute Gasteiger partial charge is 0.258 e. The van der Waals surface area contributed by atoms with E-state index in [0.29, 0.717) is 23.5 Å². The van der Waals surface area contributed by atoms with Gasteiger partial charge in [0.1, 0.15) is 6.33 Å². The van der Waals surface area contributed by atoms with Gasteiger partial charge >= 0.3 is 0 Å². The maximum atomic E-state index is 13.2. The number of hydrogen-bond donors (Lipinski definition) is 0. The third kappa shape index (κ3) is 3.47. The fraction of sp³-hybridized carbons (Fsp3) is 0.304. The van der Waals surface area contributed by atoms with Crippen molar-refractivity contribution in [2.24, 2.45) is 0 Å². The highest BCUT2D eigenvalue weighted by Crippen LogP contribution is 2.40. The van der Waals surface area contributed by atoms with Crippen LogP contribution in [0.3, 0.4) is 0 Å². The Balaban J connectivity index is 1.78. The molecule has 3 aromatic rings. The summed E-state index contributed by atoms with van der Waals surface area (Å²) >= 11 is 0. The van der Waals surface area contributed by atoms with E-state index in [9.17, 15) is 9.59 Å². The predicted molar refractivity (Wildman–Crippen MR) is 115 cm³/mol. The third-order valence-electron chi connectivity index (χ3n) is 5.34. The van der Waals surface area contributed by atoms with E-state index in [1.165, 1.54) is 0 Å². The van der Waals surface area contributed by atoms with E-state index < -0.39 is 0 Å². The first-order valence-electron chi connectivity index (χ1n) is 10.0. The van der Waals surface area contributed by atoms with Crippen molar-refractivity contribution in [3.63, 3.8) is 0 Å². The highest BCUT2D eigenvalue weighted by molar-refractivity contribution is 6.08. The summed E-state index contributed by atoms with van der Waals surface area (Å²) in [7, 11) is 3.45. The van der Waals surface area contributed by atoms with Gasteiger partial charge < -0.3 is 9.80 Å². The molecule has 0 radical (unpaired) electrons. The maximum absolute atomic E-state index is 13.2. The van der Waals surface area contributed by atoms with Crippen molar-refractivity contribution in [1.82, 2.24) is 19.7 Å². The van der Waals surface area contributed by atoms with Gasteiger partial charge in [0.2, 0.25) is 0 Å². The van der Waals surface area contributed by atoms with Gasteiger partial charge in [0.25, 0.3) is 11.8 Å². The van der Waals surface area contributed by atoms with Gasteiger partial charge in [-0.25, -0.2) is 4.98 Å². The summed E-state index contributed by atoms with van der Waals surface area (Å²) in [5.74, 6) is 0.310. The Hall–Kier alpha value is -3.48. The molecule has 4 rings (SSSR count). The van der Waals surface area contributed by atoms with Crippen molar-refractivity contribution in [1.29, 1.82) is 0 Å². The van der Waals surface area contributed by atoms with E-state index in [1.54, 1.807) is 36.3 Å². The van der Waals surface area contributed by atoms with Gasteiger partial charge in [-0.05, 0) is 49.7 Å². The van der Waals surface area contributed by atoms with Crippen LogP contribution in [-0.2, 0) is 0 Å². The van der Waals surface area contributed by atoms with Crippen LogP contribution in [-0.4, -0.2) is 52.1 Å². The zero-order valence-corrected chi connectivity index (χ0v) is 17.6. The lowest BCUT2D eigenvalue weighted by atomic mass is 9.98. The van der Waals surface area contributed by atoms with Crippen molar-refractivity contribution in [2.45, 2.75) is 25.8 Å². The number of benzene rings is 2. The van der Waals surface area contributed by atoms with Crippen LogP contribution in [0.1, 0.15) is 57.9 Å². The van der Waals surface area contributed by atoms with E-state index in [2.05, 4.69) is 10.1 Å². The number of aromatic nitrogens is 3. The quantitative estimate of drug-likeness (QED) is 0.670. The Morgan fingerprint density at radius 2 is 1.80 bits per heavy atom. The molecule has 1 aromatic heterocycles. The molecule has 0 fully saturated rings. The molecule has 0 unspecified atom stereocenters. The second-order valence-electron chi connectivity index (χ2n) is 7.98. The Bertz CT molecular complexity index is 1090. The first-order valence-corrected chi connectivity index (χ1v) is 10.0. The molecule has 1 aliphatic rings. The number of carbonyl (C=O) groups excluding carboxylic acids is 2. The zero-order chi connectivity index (χ0) is 21.4. The molecule has 2 amide bonds. The van der Waals surface area contributed by atoms with Crippen molar-refractivity contribution in [3.8, 4) is 0 Å². The van der Waals surface area contributed by atoms with Gasteiger partial charge in [0, 0.05) is 43.5 Å². The minimum Gasteiger partial charge on any atom is -0.345 e. The van der Waals surface area contributed by atoms with E-state index >= 15 is 0 Å². The Morgan fingerprint density at radius 3 is 2.43 bits per heavy atom. The molecule has 2 heterocycles. The van der Waals surface area contributed by atoms with E-state index in [1.807, 2.05) is 61.0 Å². The molecule has 0 saturated carbocycles. The molecular formula is C23H25N5O2. The summed E-state index contributed by atoms with van der Waals surface area (Å²) in [5.41, 5.74) is 2.90. The third-order valence-corrected chi connectivity index (χ3v) is 5.34. The van der Waals surface area contributed by atoms with Crippen LogP contribution in [0, 0.1) is 0 Å². The standard InChI is InChI=1S/C23H25N5O2/c1-15(2)28-14-24-21(25-28)19-13-27(23(30)16-8-6-5-7-9-16)20-11-10-17(12-18(19)20)22(29)26(3)4/h5-12,14-15,19H,13H2,1-4H3/t19-/m1/s1. The van der Waals surface area contributed by atoms with Gasteiger partial charge in [0.15, 0.2) is 5.82 Å². The van der Waals surface area contributed by atoms with Gasteiger partial charge in [-0.1, -0.05) is 18.2 Å². The lowest BCUT2D eigenvalue weighted by Gasteiger charge is -2.18. The van der Waals surface area contributed by atoms with E-state index in [4.69, 9.17) is 0 Å². The minimum absolute atomic E-state index is 0.0747. The number of nitrogens with zero attached hydrogens (tertiary/aromatic N) is 5. The summed E-state index contributed by atoms with van der Waals surface area (Å²) in [6.45, 7) is 4.52. The van der Waals surface area contributed by atoms with Gasteiger partial charge in [-0.3, -0.25) is 14.3 Å². The molecule has 30 heavy (non-hydrogen) atoms. The van der Waals surface area contributed by atoms with E-state index in [0.717, 1.165) is 11.3 Å². The zero-order valence-electron chi connectivity index (χ0n) is 17.6. The number of rotatable bonds is 4. The van der Waals surface area contributed by atoms with Crippen LogP contribution >= 0.6 is 0 Å². The highest BCUT2D eigenvalue weighted by atomic mass is 16.2. The van der Waals surface area contributed by atoms with Crippen molar-refractivity contribution in [3.05, 3.63) is 77.4 Å². The molecule has 0 spiro atoms. The average molecular weight is 403 g/mol.